The minimum Gasteiger partial charge on any atom is -0.497 e. The molecule has 3 nitrogen and oxygen atoms in total. The summed E-state index contributed by atoms with van der Waals surface area (Å²) in [6.07, 6.45) is 1.16. The first-order chi connectivity index (χ1) is 7.69. The average Bonchev–Trinajstić information content (AvgIpc) is 2.28. The van der Waals surface area contributed by atoms with E-state index in [9.17, 15) is 0 Å². The van der Waals surface area contributed by atoms with Gasteiger partial charge in [-0.25, -0.2) is 0 Å². The Morgan fingerprint density at radius 2 is 1.62 bits per heavy atom. The molecule has 0 radical (unpaired) electrons. The molecule has 0 fully saturated rings. The third-order valence-electron chi connectivity index (χ3n) is 2.47. The van der Waals surface area contributed by atoms with Gasteiger partial charge in [-0.15, -0.1) is 0 Å². The summed E-state index contributed by atoms with van der Waals surface area (Å²) in [5, 5.41) is 0. The molecule has 0 aliphatic heterocycles. The molecule has 0 N–H and O–H groups in total. The van der Waals surface area contributed by atoms with Gasteiger partial charge in [0.1, 0.15) is 11.5 Å². The predicted octanol–water partition coefficient (Wildman–Crippen LogP) is 2.55. The maximum atomic E-state index is 5.24. The zero-order chi connectivity index (χ0) is 12.0. The minimum atomic E-state index is 0.847. The van der Waals surface area contributed by atoms with Crippen LogP contribution in [0.5, 0.6) is 11.5 Å². The monoisotopic (exact) mass is 223 g/mol. The summed E-state index contributed by atoms with van der Waals surface area (Å²) in [6.45, 7) is 4.20. The molecule has 0 heterocycles. The SMILES string of the molecule is CCCN(C)Cc1cc(OC)cc(OC)c1. The molecule has 0 aliphatic rings. The smallest absolute Gasteiger partial charge is 0.122 e. The van der Waals surface area contributed by atoms with Gasteiger partial charge < -0.3 is 14.4 Å². The first-order valence-corrected chi connectivity index (χ1v) is 5.60. The highest BCUT2D eigenvalue weighted by molar-refractivity contribution is 5.38. The minimum absolute atomic E-state index is 0.847. The number of hydrogen-bond acceptors (Lipinski definition) is 3. The van der Waals surface area contributed by atoms with E-state index in [4.69, 9.17) is 9.47 Å². The van der Waals surface area contributed by atoms with Crippen LogP contribution in [0.15, 0.2) is 18.2 Å². The van der Waals surface area contributed by atoms with Crippen molar-refractivity contribution in [2.45, 2.75) is 19.9 Å². The first kappa shape index (κ1) is 12.8. The Kier molecular flexibility index (Phi) is 5.12. The van der Waals surface area contributed by atoms with Gasteiger partial charge in [-0.2, -0.15) is 0 Å². The fraction of sp³-hybridized carbons (Fsp3) is 0.538. The molecular weight excluding hydrogens is 202 g/mol. The Hall–Kier alpha value is -1.22. The summed E-state index contributed by atoms with van der Waals surface area (Å²) in [5.41, 5.74) is 1.21. The molecule has 0 bridgehead atoms. The molecule has 1 aromatic rings. The Labute approximate surface area is 98.0 Å². The molecule has 0 saturated heterocycles. The van der Waals surface area contributed by atoms with Crippen molar-refractivity contribution in [1.82, 2.24) is 4.90 Å². The van der Waals surface area contributed by atoms with E-state index in [1.807, 2.05) is 6.07 Å². The van der Waals surface area contributed by atoms with Crippen LogP contribution in [0.4, 0.5) is 0 Å². The fourth-order valence-electron chi connectivity index (χ4n) is 1.73. The van der Waals surface area contributed by atoms with Crippen molar-refractivity contribution in [1.29, 1.82) is 0 Å². The lowest BCUT2D eigenvalue weighted by Crippen LogP contribution is -2.18. The summed E-state index contributed by atoms with van der Waals surface area (Å²) < 4.78 is 10.5. The normalized spacial score (nSPS) is 10.6. The fourth-order valence-corrected chi connectivity index (χ4v) is 1.73. The summed E-state index contributed by atoms with van der Waals surface area (Å²) in [5.74, 6) is 1.69. The van der Waals surface area contributed by atoms with Crippen molar-refractivity contribution in [2.24, 2.45) is 0 Å². The lowest BCUT2D eigenvalue weighted by Gasteiger charge is -2.16. The van der Waals surface area contributed by atoms with Crippen LogP contribution in [0.25, 0.3) is 0 Å². The third-order valence-corrected chi connectivity index (χ3v) is 2.47. The van der Waals surface area contributed by atoms with Gasteiger partial charge in [-0.3, -0.25) is 0 Å². The van der Waals surface area contributed by atoms with E-state index >= 15 is 0 Å². The molecule has 0 spiro atoms. The van der Waals surface area contributed by atoms with Crippen molar-refractivity contribution >= 4 is 0 Å². The summed E-state index contributed by atoms with van der Waals surface area (Å²) >= 11 is 0. The van der Waals surface area contributed by atoms with E-state index in [0.29, 0.717) is 0 Å². The van der Waals surface area contributed by atoms with Crippen LogP contribution < -0.4 is 9.47 Å². The summed E-state index contributed by atoms with van der Waals surface area (Å²) in [6, 6.07) is 5.99. The van der Waals surface area contributed by atoms with E-state index in [2.05, 4.69) is 31.0 Å². The van der Waals surface area contributed by atoms with Gasteiger partial charge in [0.25, 0.3) is 0 Å². The van der Waals surface area contributed by atoms with Crippen molar-refractivity contribution in [3.63, 3.8) is 0 Å². The van der Waals surface area contributed by atoms with Crippen LogP contribution >= 0.6 is 0 Å². The molecule has 0 unspecified atom stereocenters. The van der Waals surface area contributed by atoms with Crippen LogP contribution in [-0.2, 0) is 6.54 Å². The van der Waals surface area contributed by atoms with Crippen LogP contribution in [0, 0.1) is 0 Å². The topological polar surface area (TPSA) is 21.7 Å². The number of benzene rings is 1. The van der Waals surface area contributed by atoms with Crippen LogP contribution in [-0.4, -0.2) is 32.7 Å². The highest BCUT2D eigenvalue weighted by atomic mass is 16.5. The molecular formula is C13H21NO2. The predicted molar refractivity (Wildman–Crippen MR) is 66.2 cm³/mol. The van der Waals surface area contributed by atoms with Gasteiger partial charge in [-0.05, 0) is 37.7 Å². The maximum Gasteiger partial charge on any atom is 0.122 e. The molecule has 0 atom stereocenters. The molecule has 0 aliphatic carbocycles. The van der Waals surface area contributed by atoms with Crippen LogP contribution in [0.1, 0.15) is 18.9 Å². The first-order valence-electron chi connectivity index (χ1n) is 5.60. The van der Waals surface area contributed by atoms with Crippen LogP contribution in [0.2, 0.25) is 0 Å². The molecule has 16 heavy (non-hydrogen) atoms. The molecule has 0 amide bonds. The van der Waals surface area contributed by atoms with E-state index in [1.54, 1.807) is 14.2 Å². The average molecular weight is 223 g/mol. The highest BCUT2D eigenvalue weighted by Gasteiger charge is 2.04. The van der Waals surface area contributed by atoms with E-state index < -0.39 is 0 Å². The van der Waals surface area contributed by atoms with Crippen molar-refractivity contribution in [2.75, 3.05) is 27.8 Å². The lowest BCUT2D eigenvalue weighted by molar-refractivity contribution is 0.325. The molecule has 0 saturated carbocycles. The van der Waals surface area contributed by atoms with Crippen LogP contribution in [0.3, 0.4) is 0 Å². The summed E-state index contributed by atoms with van der Waals surface area (Å²) in [4.78, 5) is 2.29. The maximum absolute atomic E-state index is 5.24. The van der Waals surface area contributed by atoms with Gasteiger partial charge in [-0.1, -0.05) is 6.92 Å². The largest absolute Gasteiger partial charge is 0.497 e. The van der Waals surface area contributed by atoms with Crippen molar-refractivity contribution < 1.29 is 9.47 Å². The number of hydrogen-bond donors (Lipinski definition) is 0. The Morgan fingerprint density at radius 3 is 2.06 bits per heavy atom. The molecule has 3 heteroatoms. The molecule has 90 valence electrons. The van der Waals surface area contributed by atoms with E-state index in [1.165, 1.54) is 5.56 Å². The van der Waals surface area contributed by atoms with Crippen molar-refractivity contribution in [3.05, 3.63) is 23.8 Å². The number of rotatable bonds is 6. The lowest BCUT2D eigenvalue weighted by atomic mass is 10.2. The zero-order valence-electron chi connectivity index (χ0n) is 10.6. The molecule has 0 aromatic heterocycles. The van der Waals surface area contributed by atoms with Gasteiger partial charge >= 0.3 is 0 Å². The summed E-state index contributed by atoms with van der Waals surface area (Å²) in [7, 11) is 5.47. The second-order valence-corrected chi connectivity index (χ2v) is 3.96. The standard InChI is InChI=1S/C13H21NO2/c1-5-6-14(2)10-11-7-12(15-3)9-13(8-11)16-4/h7-9H,5-6,10H2,1-4H3. The molecule has 1 rings (SSSR count). The highest BCUT2D eigenvalue weighted by Crippen LogP contribution is 2.23. The number of ether oxygens (including phenoxy) is 2. The quantitative estimate of drug-likeness (QED) is 0.739. The molecule has 1 aromatic carbocycles. The Balaban J connectivity index is 2.78. The van der Waals surface area contributed by atoms with E-state index in [0.717, 1.165) is 31.0 Å². The van der Waals surface area contributed by atoms with Gasteiger partial charge in [0.15, 0.2) is 0 Å². The van der Waals surface area contributed by atoms with Gasteiger partial charge in [0, 0.05) is 12.6 Å². The van der Waals surface area contributed by atoms with Gasteiger partial charge in [0.05, 0.1) is 14.2 Å². The Morgan fingerprint density at radius 1 is 1.06 bits per heavy atom. The zero-order valence-corrected chi connectivity index (χ0v) is 10.6. The van der Waals surface area contributed by atoms with Crippen molar-refractivity contribution in [3.8, 4) is 11.5 Å². The van der Waals surface area contributed by atoms with E-state index in [-0.39, 0.29) is 0 Å². The second kappa shape index (κ2) is 6.38. The number of methoxy groups -OCH3 is 2. The second-order valence-electron chi connectivity index (χ2n) is 3.96. The Bertz CT molecular complexity index is 303. The third kappa shape index (κ3) is 3.74. The van der Waals surface area contributed by atoms with Gasteiger partial charge in [0.2, 0.25) is 0 Å². The number of nitrogens with zero attached hydrogens (tertiary/aromatic N) is 1.